The van der Waals surface area contributed by atoms with E-state index in [0.717, 1.165) is 19.4 Å². The molecule has 3 atom stereocenters. The zero-order valence-corrected chi connectivity index (χ0v) is 12.7. The molecule has 0 radical (unpaired) electrons. The van der Waals surface area contributed by atoms with Crippen LogP contribution in [0.4, 0.5) is 0 Å². The minimum absolute atomic E-state index is 0.365. The Kier molecular flexibility index (Phi) is 6.61. The summed E-state index contributed by atoms with van der Waals surface area (Å²) < 4.78 is 5.65. The summed E-state index contributed by atoms with van der Waals surface area (Å²) >= 11 is 0. The van der Waals surface area contributed by atoms with Gasteiger partial charge in [-0.1, -0.05) is 27.7 Å². The first kappa shape index (κ1) is 15.9. The van der Waals surface area contributed by atoms with Gasteiger partial charge >= 0.3 is 0 Å². The Labute approximate surface area is 113 Å². The van der Waals surface area contributed by atoms with Crippen molar-refractivity contribution in [3.8, 4) is 0 Å². The van der Waals surface area contributed by atoms with E-state index in [1.165, 1.54) is 25.7 Å². The summed E-state index contributed by atoms with van der Waals surface area (Å²) in [5.41, 5.74) is 3.35. The molecule has 0 amide bonds. The van der Waals surface area contributed by atoms with E-state index < -0.39 is 0 Å². The standard InChI is InChI=1S/C15H32N2O/c1-12(15(2,3)4)11-13(17-16)7-5-8-14-9-6-10-18-14/h12-14,17H,5-11,16H2,1-4H3. The number of ether oxygens (including phenoxy) is 1. The first-order valence-electron chi connectivity index (χ1n) is 7.51. The van der Waals surface area contributed by atoms with Gasteiger partial charge in [0.25, 0.3) is 0 Å². The summed E-state index contributed by atoms with van der Waals surface area (Å²) in [6.07, 6.45) is 7.74. The quantitative estimate of drug-likeness (QED) is 0.543. The lowest BCUT2D eigenvalue weighted by Gasteiger charge is -2.30. The molecule has 0 aromatic heterocycles. The Bertz CT molecular complexity index is 219. The molecule has 1 aliphatic heterocycles. The van der Waals surface area contributed by atoms with Crippen molar-refractivity contribution in [1.29, 1.82) is 0 Å². The molecular weight excluding hydrogens is 224 g/mol. The molecule has 0 spiro atoms. The fourth-order valence-electron chi connectivity index (χ4n) is 2.51. The summed E-state index contributed by atoms with van der Waals surface area (Å²) in [5.74, 6) is 6.36. The summed E-state index contributed by atoms with van der Waals surface area (Å²) in [6, 6.07) is 0.445. The number of hydrogen-bond donors (Lipinski definition) is 2. The van der Waals surface area contributed by atoms with Crippen LogP contribution in [0.1, 0.15) is 66.2 Å². The lowest BCUT2D eigenvalue weighted by molar-refractivity contribution is 0.100. The minimum Gasteiger partial charge on any atom is -0.378 e. The van der Waals surface area contributed by atoms with E-state index >= 15 is 0 Å². The van der Waals surface area contributed by atoms with Gasteiger partial charge in [-0.3, -0.25) is 11.3 Å². The molecule has 1 saturated heterocycles. The highest BCUT2D eigenvalue weighted by atomic mass is 16.5. The van der Waals surface area contributed by atoms with Crippen LogP contribution in [0.25, 0.3) is 0 Å². The molecule has 1 aliphatic rings. The van der Waals surface area contributed by atoms with Crippen LogP contribution in [0.3, 0.4) is 0 Å². The molecule has 1 heterocycles. The average Bonchev–Trinajstić information content (AvgIpc) is 2.79. The van der Waals surface area contributed by atoms with Gasteiger partial charge in [0.15, 0.2) is 0 Å². The fourth-order valence-corrected chi connectivity index (χ4v) is 2.51. The van der Waals surface area contributed by atoms with Crippen LogP contribution in [-0.2, 0) is 4.74 Å². The fraction of sp³-hybridized carbons (Fsp3) is 1.00. The predicted molar refractivity (Wildman–Crippen MR) is 77.2 cm³/mol. The second kappa shape index (κ2) is 7.46. The van der Waals surface area contributed by atoms with E-state index in [9.17, 15) is 0 Å². The van der Waals surface area contributed by atoms with Crippen molar-refractivity contribution in [2.45, 2.75) is 78.4 Å². The molecule has 0 bridgehead atoms. The van der Waals surface area contributed by atoms with Crippen LogP contribution >= 0.6 is 0 Å². The van der Waals surface area contributed by atoms with Gasteiger partial charge in [-0.2, -0.15) is 0 Å². The molecule has 0 saturated carbocycles. The van der Waals surface area contributed by atoms with E-state index in [0.29, 0.717) is 23.5 Å². The maximum absolute atomic E-state index is 5.68. The number of rotatable bonds is 7. The first-order chi connectivity index (χ1) is 8.43. The summed E-state index contributed by atoms with van der Waals surface area (Å²) in [7, 11) is 0. The lowest BCUT2D eigenvalue weighted by Crippen LogP contribution is -2.38. The molecule has 1 fully saturated rings. The Morgan fingerprint density at radius 1 is 1.39 bits per heavy atom. The SMILES string of the molecule is CC(CC(CCCC1CCCO1)NN)C(C)(C)C. The topological polar surface area (TPSA) is 47.3 Å². The third-order valence-corrected chi connectivity index (χ3v) is 4.45. The monoisotopic (exact) mass is 256 g/mol. The molecular formula is C15H32N2O. The number of nitrogens with two attached hydrogens (primary N) is 1. The van der Waals surface area contributed by atoms with Crippen molar-refractivity contribution in [3.63, 3.8) is 0 Å². The van der Waals surface area contributed by atoms with Crippen LogP contribution in [0.2, 0.25) is 0 Å². The van der Waals surface area contributed by atoms with Gasteiger partial charge in [-0.25, -0.2) is 0 Å². The normalized spacial score (nSPS) is 24.2. The van der Waals surface area contributed by atoms with E-state index in [1.807, 2.05) is 0 Å². The molecule has 3 unspecified atom stereocenters. The number of nitrogens with one attached hydrogen (secondary N) is 1. The number of hydrogen-bond acceptors (Lipinski definition) is 3. The summed E-state index contributed by atoms with van der Waals surface area (Å²) in [6.45, 7) is 10.2. The van der Waals surface area contributed by atoms with Crippen LogP contribution < -0.4 is 11.3 Å². The molecule has 0 aliphatic carbocycles. The lowest BCUT2D eigenvalue weighted by atomic mass is 9.78. The van der Waals surface area contributed by atoms with Crippen molar-refractivity contribution in [2.24, 2.45) is 17.2 Å². The molecule has 3 N–H and O–H groups in total. The molecule has 1 rings (SSSR count). The predicted octanol–water partition coefficient (Wildman–Crippen LogP) is 3.24. The maximum Gasteiger partial charge on any atom is 0.0576 e. The third-order valence-electron chi connectivity index (χ3n) is 4.45. The zero-order valence-electron chi connectivity index (χ0n) is 12.7. The molecule has 18 heavy (non-hydrogen) atoms. The molecule has 0 aromatic rings. The van der Waals surface area contributed by atoms with Crippen molar-refractivity contribution in [2.75, 3.05) is 6.61 Å². The van der Waals surface area contributed by atoms with Crippen LogP contribution in [-0.4, -0.2) is 18.8 Å². The summed E-state index contributed by atoms with van der Waals surface area (Å²) in [4.78, 5) is 0. The van der Waals surface area contributed by atoms with Gasteiger partial charge in [-0.05, 0) is 49.9 Å². The van der Waals surface area contributed by atoms with Gasteiger partial charge in [0, 0.05) is 12.6 Å². The van der Waals surface area contributed by atoms with Crippen molar-refractivity contribution in [1.82, 2.24) is 5.43 Å². The van der Waals surface area contributed by atoms with E-state index in [2.05, 4.69) is 33.1 Å². The smallest absolute Gasteiger partial charge is 0.0576 e. The largest absolute Gasteiger partial charge is 0.378 e. The second-order valence-corrected chi connectivity index (χ2v) is 6.93. The van der Waals surface area contributed by atoms with Crippen molar-refractivity contribution >= 4 is 0 Å². The van der Waals surface area contributed by atoms with Crippen LogP contribution in [0.5, 0.6) is 0 Å². The Morgan fingerprint density at radius 2 is 2.11 bits per heavy atom. The van der Waals surface area contributed by atoms with Crippen LogP contribution in [0.15, 0.2) is 0 Å². The molecule has 3 nitrogen and oxygen atoms in total. The Balaban J connectivity index is 2.20. The number of hydrazine groups is 1. The van der Waals surface area contributed by atoms with Gasteiger partial charge < -0.3 is 4.74 Å². The highest BCUT2D eigenvalue weighted by molar-refractivity contribution is 4.76. The van der Waals surface area contributed by atoms with Gasteiger partial charge in [0.2, 0.25) is 0 Å². The summed E-state index contributed by atoms with van der Waals surface area (Å²) in [5, 5.41) is 0. The van der Waals surface area contributed by atoms with Gasteiger partial charge in [0.05, 0.1) is 6.10 Å². The van der Waals surface area contributed by atoms with Gasteiger partial charge in [0.1, 0.15) is 0 Å². The minimum atomic E-state index is 0.365. The van der Waals surface area contributed by atoms with E-state index in [4.69, 9.17) is 10.6 Å². The second-order valence-electron chi connectivity index (χ2n) is 6.93. The molecule has 108 valence electrons. The maximum atomic E-state index is 5.68. The van der Waals surface area contributed by atoms with Gasteiger partial charge in [-0.15, -0.1) is 0 Å². The van der Waals surface area contributed by atoms with Crippen molar-refractivity contribution in [3.05, 3.63) is 0 Å². The third kappa shape index (κ3) is 5.68. The van der Waals surface area contributed by atoms with Crippen LogP contribution in [0, 0.1) is 11.3 Å². The van der Waals surface area contributed by atoms with Crippen molar-refractivity contribution < 1.29 is 4.74 Å². The van der Waals surface area contributed by atoms with E-state index in [1.54, 1.807) is 0 Å². The average molecular weight is 256 g/mol. The zero-order chi connectivity index (χ0) is 13.6. The Hall–Kier alpha value is -0.120. The molecule has 3 heteroatoms. The highest BCUT2D eigenvalue weighted by Gasteiger charge is 2.23. The van der Waals surface area contributed by atoms with E-state index in [-0.39, 0.29) is 0 Å². The highest BCUT2D eigenvalue weighted by Crippen LogP contribution is 2.30. The molecule has 0 aromatic carbocycles. The Morgan fingerprint density at radius 3 is 2.61 bits per heavy atom. The first-order valence-corrected chi connectivity index (χ1v) is 7.51.